The van der Waals surface area contributed by atoms with Gasteiger partial charge in [-0.2, -0.15) is 5.10 Å². The number of aromatic nitrogens is 2. The van der Waals surface area contributed by atoms with Gasteiger partial charge in [0.15, 0.2) is 17.5 Å². The highest BCUT2D eigenvalue weighted by Crippen LogP contribution is 2.32. The molecule has 0 spiro atoms. The summed E-state index contributed by atoms with van der Waals surface area (Å²) in [7, 11) is 0. The first kappa shape index (κ1) is 19.8. The molecule has 0 fully saturated rings. The number of para-hydroxylation sites is 1. The van der Waals surface area contributed by atoms with Crippen LogP contribution in [0.1, 0.15) is 29.4 Å². The van der Waals surface area contributed by atoms with E-state index in [4.69, 9.17) is 19.6 Å². The summed E-state index contributed by atoms with van der Waals surface area (Å²) in [5, 5.41) is 11.5. The van der Waals surface area contributed by atoms with Gasteiger partial charge in [-0.1, -0.05) is 24.3 Å². The zero-order valence-electron chi connectivity index (χ0n) is 17.6. The molecule has 0 atom stereocenters. The number of hydrogen-bond donors (Lipinski definition) is 2. The van der Waals surface area contributed by atoms with Crippen LogP contribution in [0, 0.1) is 13.8 Å². The van der Waals surface area contributed by atoms with Crippen molar-refractivity contribution < 1.29 is 9.47 Å². The SMILES string of the molecule is CCNC(=NCc1ccc2c(c1)OCO2)NCc1c(C)nn(-c2ccccc2)c1C. The van der Waals surface area contributed by atoms with E-state index < -0.39 is 0 Å². The lowest BCUT2D eigenvalue weighted by Gasteiger charge is -2.12. The molecule has 30 heavy (non-hydrogen) atoms. The molecule has 2 aromatic carbocycles. The van der Waals surface area contributed by atoms with E-state index in [2.05, 4.69) is 36.6 Å². The Morgan fingerprint density at radius 2 is 1.87 bits per heavy atom. The number of nitrogens with one attached hydrogen (secondary N) is 2. The standard InChI is InChI=1S/C23H27N5O2/c1-4-24-23(25-13-18-10-11-21-22(12-18)30-15-29-21)26-14-20-16(2)27-28(17(20)3)19-8-6-5-7-9-19/h5-12H,4,13-15H2,1-3H3,(H2,24,25,26). The zero-order valence-corrected chi connectivity index (χ0v) is 17.6. The largest absolute Gasteiger partial charge is 0.454 e. The fraction of sp³-hybridized carbons (Fsp3) is 0.304. The van der Waals surface area contributed by atoms with Crippen molar-refractivity contribution in [3.05, 3.63) is 71.0 Å². The summed E-state index contributed by atoms with van der Waals surface area (Å²) in [5.74, 6) is 2.33. The molecule has 0 saturated carbocycles. The molecular formula is C23H27N5O2. The Labute approximate surface area is 176 Å². The molecule has 0 amide bonds. The lowest BCUT2D eigenvalue weighted by molar-refractivity contribution is 0.174. The van der Waals surface area contributed by atoms with Crippen molar-refractivity contribution >= 4 is 5.96 Å². The quantitative estimate of drug-likeness (QED) is 0.485. The summed E-state index contributed by atoms with van der Waals surface area (Å²) in [6, 6.07) is 16.1. The Balaban J connectivity index is 1.46. The number of fused-ring (bicyclic) bond motifs is 1. The third kappa shape index (κ3) is 4.25. The lowest BCUT2D eigenvalue weighted by atomic mass is 10.2. The molecule has 7 heteroatoms. The average Bonchev–Trinajstić information content (AvgIpc) is 3.34. The maximum absolute atomic E-state index is 5.45. The molecule has 2 heterocycles. The molecule has 4 rings (SSSR count). The van der Waals surface area contributed by atoms with Crippen LogP contribution in [-0.4, -0.2) is 29.1 Å². The fourth-order valence-electron chi connectivity index (χ4n) is 3.47. The number of nitrogens with zero attached hydrogens (tertiary/aromatic N) is 3. The fourth-order valence-corrected chi connectivity index (χ4v) is 3.47. The van der Waals surface area contributed by atoms with Crippen LogP contribution in [0.2, 0.25) is 0 Å². The Morgan fingerprint density at radius 1 is 1.07 bits per heavy atom. The van der Waals surface area contributed by atoms with Crippen LogP contribution in [-0.2, 0) is 13.1 Å². The predicted octanol–water partition coefficient (Wildman–Crippen LogP) is 3.47. The van der Waals surface area contributed by atoms with Crippen LogP contribution in [0.4, 0.5) is 0 Å². The summed E-state index contributed by atoms with van der Waals surface area (Å²) >= 11 is 0. The van der Waals surface area contributed by atoms with E-state index in [0.717, 1.165) is 46.6 Å². The molecule has 0 saturated heterocycles. The van der Waals surface area contributed by atoms with E-state index in [9.17, 15) is 0 Å². The van der Waals surface area contributed by atoms with Crippen molar-refractivity contribution in [1.29, 1.82) is 0 Å². The average molecular weight is 406 g/mol. The van der Waals surface area contributed by atoms with Gasteiger partial charge >= 0.3 is 0 Å². The van der Waals surface area contributed by atoms with E-state index in [1.54, 1.807) is 0 Å². The van der Waals surface area contributed by atoms with E-state index in [-0.39, 0.29) is 6.79 Å². The number of aliphatic imine (C=N–C) groups is 1. The van der Waals surface area contributed by atoms with E-state index in [1.807, 2.05) is 48.0 Å². The first-order valence-electron chi connectivity index (χ1n) is 10.2. The van der Waals surface area contributed by atoms with Gasteiger partial charge in [-0.3, -0.25) is 0 Å². The van der Waals surface area contributed by atoms with E-state index >= 15 is 0 Å². The second-order valence-corrected chi connectivity index (χ2v) is 7.13. The molecule has 0 unspecified atom stereocenters. The van der Waals surface area contributed by atoms with Crippen molar-refractivity contribution in [3.8, 4) is 17.2 Å². The van der Waals surface area contributed by atoms with Gasteiger partial charge in [0.05, 0.1) is 17.9 Å². The van der Waals surface area contributed by atoms with Gasteiger partial charge in [-0.25, -0.2) is 9.67 Å². The molecule has 0 radical (unpaired) electrons. The summed E-state index contributed by atoms with van der Waals surface area (Å²) in [6.45, 7) is 8.46. The smallest absolute Gasteiger partial charge is 0.231 e. The Bertz CT molecular complexity index is 1040. The molecule has 3 aromatic rings. The molecule has 1 aliphatic heterocycles. The van der Waals surface area contributed by atoms with Crippen LogP contribution in [0.15, 0.2) is 53.5 Å². The van der Waals surface area contributed by atoms with Gasteiger partial charge in [0.25, 0.3) is 0 Å². The Morgan fingerprint density at radius 3 is 2.67 bits per heavy atom. The predicted molar refractivity (Wildman–Crippen MR) is 117 cm³/mol. The lowest BCUT2D eigenvalue weighted by Crippen LogP contribution is -2.37. The number of aryl methyl sites for hydroxylation is 1. The van der Waals surface area contributed by atoms with E-state index in [1.165, 1.54) is 5.56 Å². The maximum atomic E-state index is 5.45. The third-order valence-electron chi connectivity index (χ3n) is 5.08. The highest BCUT2D eigenvalue weighted by Gasteiger charge is 2.14. The zero-order chi connectivity index (χ0) is 20.9. The number of benzene rings is 2. The first-order chi connectivity index (χ1) is 14.7. The van der Waals surface area contributed by atoms with Crippen molar-refractivity contribution in [2.75, 3.05) is 13.3 Å². The van der Waals surface area contributed by atoms with Gasteiger partial charge in [0.1, 0.15) is 0 Å². The molecule has 2 N–H and O–H groups in total. The van der Waals surface area contributed by atoms with Crippen molar-refractivity contribution in [3.63, 3.8) is 0 Å². The normalized spacial score (nSPS) is 12.8. The van der Waals surface area contributed by atoms with Gasteiger partial charge in [-0.05, 0) is 50.6 Å². The third-order valence-corrected chi connectivity index (χ3v) is 5.08. The molecule has 0 bridgehead atoms. The number of rotatable bonds is 6. The Kier molecular flexibility index (Phi) is 5.88. The minimum atomic E-state index is 0.279. The molecule has 7 nitrogen and oxygen atoms in total. The van der Waals surface area contributed by atoms with E-state index in [0.29, 0.717) is 13.1 Å². The highest BCUT2D eigenvalue weighted by atomic mass is 16.7. The molecular weight excluding hydrogens is 378 g/mol. The molecule has 1 aliphatic rings. The van der Waals surface area contributed by atoms with Crippen molar-refractivity contribution in [1.82, 2.24) is 20.4 Å². The number of ether oxygens (including phenoxy) is 2. The minimum Gasteiger partial charge on any atom is -0.454 e. The summed E-state index contributed by atoms with van der Waals surface area (Å²) < 4.78 is 12.8. The molecule has 1 aromatic heterocycles. The number of hydrogen-bond acceptors (Lipinski definition) is 4. The molecule has 0 aliphatic carbocycles. The van der Waals surface area contributed by atoms with Gasteiger partial charge in [0.2, 0.25) is 6.79 Å². The van der Waals surface area contributed by atoms with Crippen LogP contribution in [0.5, 0.6) is 11.5 Å². The van der Waals surface area contributed by atoms with Crippen LogP contribution in [0.3, 0.4) is 0 Å². The summed E-state index contributed by atoms with van der Waals surface area (Å²) in [4.78, 5) is 4.72. The summed E-state index contributed by atoms with van der Waals surface area (Å²) in [5.41, 5.74) is 5.44. The Hall–Kier alpha value is -3.48. The van der Waals surface area contributed by atoms with Gasteiger partial charge in [-0.15, -0.1) is 0 Å². The second kappa shape index (κ2) is 8.90. The van der Waals surface area contributed by atoms with Crippen LogP contribution < -0.4 is 20.1 Å². The first-order valence-corrected chi connectivity index (χ1v) is 10.2. The van der Waals surface area contributed by atoms with Crippen molar-refractivity contribution in [2.45, 2.75) is 33.9 Å². The van der Waals surface area contributed by atoms with Crippen LogP contribution in [0.25, 0.3) is 5.69 Å². The van der Waals surface area contributed by atoms with Crippen molar-refractivity contribution in [2.24, 2.45) is 4.99 Å². The maximum Gasteiger partial charge on any atom is 0.231 e. The minimum absolute atomic E-state index is 0.279. The number of guanidine groups is 1. The van der Waals surface area contributed by atoms with Gasteiger partial charge < -0.3 is 20.1 Å². The second-order valence-electron chi connectivity index (χ2n) is 7.13. The molecule has 156 valence electrons. The van der Waals surface area contributed by atoms with Gasteiger partial charge in [0, 0.05) is 24.3 Å². The van der Waals surface area contributed by atoms with Crippen LogP contribution >= 0.6 is 0 Å². The summed E-state index contributed by atoms with van der Waals surface area (Å²) in [6.07, 6.45) is 0. The monoisotopic (exact) mass is 405 g/mol. The highest BCUT2D eigenvalue weighted by molar-refractivity contribution is 5.79. The topological polar surface area (TPSA) is 72.7 Å².